The van der Waals surface area contributed by atoms with Crippen LogP contribution in [0, 0.1) is 11.7 Å². The van der Waals surface area contributed by atoms with Gasteiger partial charge in [0, 0.05) is 33.8 Å². The molecule has 1 atom stereocenters. The van der Waals surface area contributed by atoms with Crippen LogP contribution >= 0.6 is 23.2 Å². The van der Waals surface area contributed by atoms with Gasteiger partial charge >= 0.3 is 0 Å². The van der Waals surface area contributed by atoms with Crippen LogP contribution in [-0.4, -0.2) is 45.5 Å². The summed E-state index contributed by atoms with van der Waals surface area (Å²) in [4.78, 5) is 26.9. The Labute approximate surface area is 227 Å². The Morgan fingerprint density at radius 2 is 1.76 bits per heavy atom. The van der Waals surface area contributed by atoms with Crippen LogP contribution in [0.4, 0.5) is 10.1 Å². The van der Waals surface area contributed by atoms with E-state index in [1.54, 1.807) is 30.3 Å². The second-order valence-corrected chi connectivity index (χ2v) is 11.0. The molecule has 8 rings (SSSR count). The molecule has 2 aromatic heterocycles. The van der Waals surface area contributed by atoms with E-state index in [1.807, 2.05) is 24.3 Å². The molecule has 2 bridgehead atoms. The Morgan fingerprint density at radius 1 is 0.974 bits per heavy atom. The number of fused-ring (bicyclic) bond motifs is 5. The highest BCUT2D eigenvalue weighted by Gasteiger charge is 2.35. The van der Waals surface area contributed by atoms with Gasteiger partial charge in [-0.3, -0.25) is 4.79 Å². The second kappa shape index (κ2) is 9.12. The number of piperidine rings is 3. The summed E-state index contributed by atoms with van der Waals surface area (Å²) in [5.41, 5.74) is 3.21. The van der Waals surface area contributed by atoms with Crippen molar-refractivity contribution in [1.82, 2.24) is 19.9 Å². The molecule has 3 fully saturated rings. The number of nitrogens with zero attached hydrogens (tertiary/aromatic N) is 2. The lowest BCUT2D eigenvalue weighted by atomic mass is 9.83. The lowest BCUT2D eigenvalue weighted by molar-refractivity contribution is 0.0976. The second-order valence-electron chi connectivity index (χ2n) is 10.2. The van der Waals surface area contributed by atoms with Crippen LogP contribution in [0.2, 0.25) is 10.0 Å². The zero-order valence-corrected chi connectivity index (χ0v) is 21.8. The maximum absolute atomic E-state index is 16.6. The van der Waals surface area contributed by atoms with E-state index in [0.717, 1.165) is 43.5 Å². The van der Waals surface area contributed by atoms with E-state index in [4.69, 9.17) is 28.2 Å². The van der Waals surface area contributed by atoms with Crippen molar-refractivity contribution in [2.24, 2.45) is 5.92 Å². The van der Waals surface area contributed by atoms with E-state index in [0.29, 0.717) is 55.1 Å². The van der Waals surface area contributed by atoms with Crippen LogP contribution in [0.25, 0.3) is 44.5 Å². The molecule has 9 heteroatoms. The molecule has 0 aliphatic carbocycles. The van der Waals surface area contributed by atoms with Crippen LogP contribution in [0.5, 0.6) is 0 Å². The predicted molar refractivity (Wildman–Crippen MR) is 152 cm³/mol. The highest BCUT2D eigenvalue weighted by molar-refractivity contribution is 6.36. The summed E-state index contributed by atoms with van der Waals surface area (Å²) in [5, 5.41) is 4.77. The molecule has 3 saturated heterocycles. The molecule has 3 aliphatic heterocycles. The summed E-state index contributed by atoms with van der Waals surface area (Å²) in [7, 11) is 0. The summed E-state index contributed by atoms with van der Waals surface area (Å²) in [5.74, 6) is 0.381. The molecular weight excluding hydrogens is 524 g/mol. The molecule has 0 radical (unpaired) electrons. The Balaban J connectivity index is 1.49. The number of aromatic amines is 2. The van der Waals surface area contributed by atoms with Gasteiger partial charge in [-0.15, -0.1) is 0 Å². The minimum atomic E-state index is -0.468. The average Bonchev–Trinajstić information content (AvgIpc) is 3.34. The Bertz CT molecular complexity index is 1740. The van der Waals surface area contributed by atoms with E-state index >= 15 is 4.39 Å². The molecular formula is C29H24Cl2FN5O. The highest BCUT2D eigenvalue weighted by atomic mass is 35.5. The van der Waals surface area contributed by atoms with E-state index < -0.39 is 5.82 Å². The first-order valence-electron chi connectivity index (χ1n) is 12.7. The van der Waals surface area contributed by atoms with E-state index in [-0.39, 0.29) is 11.6 Å². The molecule has 0 unspecified atom stereocenters. The lowest BCUT2D eigenvalue weighted by Gasteiger charge is -2.45. The maximum Gasteiger partial charge on any atom is 0.261 e. The fraction of sp³-hybridized carbons (Fsp3) is 0.241. The predicted octanol–water partition coefficient (Wildman–Crippen LogP) is 6.69. The van der Waals surface area contributed by atoms with E-state index in [2.05, 4.69) is 20.2 Å². The average molecular weight is 548 g/mol. The number of hydrogen-bond acceptors (Lipinski definition) is 4. The topological polar surface area (TPSA) is 76.8 Å². The van der Waals surface area contributed by atoms with Gasteiger partial charge in [-0.25, -0.2) is 9.37 Å². The van der Waals surface area contributed by atoms with Crippen LogP contribution < -0.4 is 10.9 Å². The number of aromatic nitrogens is 3. The number of benzene rings is 3. The molecule has 0 spiro atoms. The summed E-state index contributed by atoms with van der Waals surface area (Å²) in [6.45, 7) is 2.99. The molecule has 3 aliphatic rings. The summed E-state index contributed by atoms with van der Waals surface area (Å²) < 4.78 is 16.6. The summed E-state index contributed by atoms with van der Waals surface area (Å²) in [6.07, 6.45) is 2.15. The quantitative estimate of drug-likeness (QED) is 0.234. The number of halogens is 3. The fourth-order valence-corrected chi connectivity index (χ4v) is 6.53. The molecule has 38 heavy (non-hydrogen) atoms. The van der Waals surface area contributed by atoms with Crippen molar-refractivity contribution < 1.29 is 4.39 Å². The first kappa shape index (κ1) is 23.7. The fourth-order valence-electron chi connectivity index (χ4n) is 6.02. The third kappa shape index (κ3) is 3.88. The van der Waals surface area contributed by atoms with Gasteiger partial charge in [0.2, 0.25) is 0 Å². The van der Waals surface area contributed by atoms with Gasteiger partial charge in [0.25, 0.3) is 5.56 Å². The number of nitrogens with one attached hydrogen (secondary N) is 3. The van der Waals surface area contributed by atoms with Crippen LogP contribution in [0.1, 0.15) is 12.8 Å². The smallest absolute Gasteiger partial charge is 0.261 e. The summed E-state index contributed by atoms with van der Waals surface area (Å²) in [6, 6.07) is 16.0. The largest absolute Gasteiger partial charge is 0.379 e. The number of H-pyrrole nitrogens is 2. The SMILES string of the molecule is O=c1[nH]c2ccc(-c3ccc(Cl)cc3Cl)c(F)c2c(N[C@H]2CN3CCC2CC3)c1-c1nc2ccccc2[nH]1. The zero-order valence-electron chi connectivity index (χ0n) is 20.3. The van der Waals surface area contributed by atoms with Crippen LogP contribution in [0.15, 0.2) is 59.4 Å². The molecule has 5 heterocycles. The monoisotopic (exact) mass is 547 g/mol. The molecule has 3 aromatic carbocycles. The van der Waals surface area contributed by atoms with E-state index in [1.165, 1.54) is 0 Å². The van der Waals surface area contributed by atoms with Gasteiger partial charge < -0.3 is 20.2 Å². The van der Waals surface area contributed by atoms with Crippen molar-refractivity contribution in [2.45, 2.75) is 18.9 Å². The number of imidazole rings is 1. The van der Waals surface area contributed by atoms with Gasteiger partial charge in [0.15, 0.2) is 0 Å². The number of hydrogen-bond donors (Lipinski definition) is 3. The molecule has 0 amide bonds. The van der Waals surface area contributed by atoms with Gasteiger partial charge in [-0.2, -0.15) is 0 Å². The highest BCUT2D eigenvalue weighted by Crippen LogP contribution is 2.40. The van der Waals surface area contributed by atoms with Crippen LogP contribution in [-0.2, 0) is 0 Å². The van der Waals surface area contributed by atoms with Crippen molar-refractivity contribution in [3.63, 3.8) is 0 Å². The first-order valence-corrected chi connectivity index (χ1v) is 13.5. The maximum atomic E-state index is 16.6. The number of pyridine rings is 1. The number of rotatable bonds is 4. The lowest BCUT2D eigenvalue weighted by Crippen LogP contribution is -2.53. The van der Waals surface area contributed by atoms with Crippen molar-refractivity contribution in [3.8, 4) is 22.5 Å². The normalized spacial score (nSPS) is 20.9. The Kier molecular flexibility index (Phi) is 5.69. The molecule has 6 nitrogen and oxygen atoms in total. The zero-order chi connectivity index (χ0) is 26.0. The molecule has 3 N–H and O–H groups in total. The molecule has 0 saturated carbocycles. The minimum absolute atomic E-state index is 0.0906. The van der Waals surface area contributed by atoms with Crippen molar-refractivity contribution in [1.29, 1.82) is 0 Å². The third-order valence-corrected chi connectivity index (χ3v) is 8.50. The Morgan fingerprint density at radius 3 is 2.50 bits per heavy atom. The number of anilines is 1. The molecule has 5 aromatic rings. The van der Waals surface area contributed by atoms with Gasteiger partial charge in [0.1, 0.15) is 17.2 Å². The first-order chi connectivity index (χ1) is 18.5. The summed E-state index contributed by atoms with van der Waals surface area (Å²) >= 11 is 12.6. The number of para-hydroxylation sites is 2. The van der Waals surface area contributed by atoms with Gasteiger partial charge in [-0.05, 0) is 68.2 Å². The van der Waals surface area contributed by atoms with Crippen molar-refractivity contribution in [2.75, 3.05) is 25.0 Å². The standard InChI is InChI=1S/C29H24Cl2FN5O/c30-16-5-6-17(19(31)13-16)18-7-8-22-24(26(18)32)27(33-23-14-37-11-9-15(23)10-12-37)25(29(38)36-22)28-34-20-3-1-2-4-21(20)35-28/h1-8,13,15,23H,9-12,14H2,(H,34,35)(H2,33,36,38)/t23-/m0/s1. The van der Waals surface area contributed by atoms with E-state index in [9.17, 15) is 4.79 Å². The minimum Gasteiger partial charge on any atom is -0.379 e. The van der Waals surface area contributed by atoms with Crippen molar-refractivity contribution in [3.05, 3.63) is 80.8 Å². The van der Waals surface area contributed by atoms with Gasteiger partial charge in [-0.1, -0.05) is 41.4 Å². The Hall–Kier alpha value is -3.39. The van der Waals surface area contributed by atoms with Crippen LogP contribution in [0.3, 0.4) is 0 Å². The van der Waals surface area contributed by atoms with Crippen molar-refractivity contribution >= 4 is 50.8 Å². The molecule has 192 valence electrons. The third-order valence-electron chi connectivity index (χ3n) is 7.95. The van der Waals surface area contributed by atoms with Gasteiger partial charge in [0.05, 0.1) is 27.6 Å².